The second-order valence-electron chi connectivity index (χ2n) is 5.78. The van der Waals surface area contributed by atoms with E-state index >= 15 is 0 Å². The maximum atomic E-state index is 4.53. The summed E-state index contributed by atoms with van der Waals surface area (Å²) in [6, 6.07) is 20.8. The lowest BCUT2D eigenvalue weighted by atomic mass is 10.2. The van der Waals surface area contributed by atoms with Gasteiger partial charge in [0.1, 0.15) is 0 Å². The number of nitrogens with one attached hydrogen (secondary N) is 1. The van der Waals surface area contributed by atoms with Crippen molar-refractivity contribution in [1.82, 2.24) is 4.57 Å². The molecule has 3 nitrogen and oxygen atoms in total. The van der Waals surface area contributed by atoms with E-state index in [4.69, 9.17) is 0 Å². The van der Waals surface area contributed by atoms with Crippen LogP contribution in [0.3, 0.4) is 0 Å². The number of rotatable bonds is 5. The zero-order chi connectivity index (χ0) is 16.1. The fourth-order valence-corrected chi connectivity index (χ4v) is 2.30. The molecule has 0 saturated heterocycles. The van der Waals surface area contributed by atoms with E-state index < -0.39 is 0 Å². The highest BCUT2D eigenvalue weighted by Crippen LogP contribution is 2.20. The summed E-state index contributed by atoms with van der Waals surface area (Å²) in [4.78, 5) is 4.53. The largest absolute Gasteiger partial charge is 0.356 e. The molecule has 0 bridgehead atoms. The number of anilines is 2. The average Bonchev–Trinajstić information content (AvgIpc) is 3.04. The molecule has 3 aromatic rings. The molecule has 0 spiro atoms. The maximum Gasteiger partial charge on any atom is 0.0631 e. The average molecular weight is 303 g/mol. The van der Waals surface area contributed by atoms with Gasteiger partial charge in [-0.1, -0.05) is 18.2 Å². The minimum Gasteiger partial charge on any atom is -0.356 e. The van der Waals surface area contributed by atoms with E-state index in [2.05, 4.69) is 47.2 Å². The standard InChI is InChI=1S/C20H21N3/c1-16(2)23-13-12-17(15-23)14-21-18-8-10-20(11-9-18)22-19-6-4-3-5-7-19/h3-16,22H,1-2H3. The molecule has 1 aromatic heterocycles. The lowest BCUT2D eigenvalue weighted by Crippen LogP contribution is -1.95. The Balaban J connectivity index is 1.66. The SMILES string of the molecule is CC(C)n1ccc(C=Nc2ccc(Nc3ccccc3)cc2)c1. The summed E-state index contributed by atoms with van der Waals surface area (Å²) in [5.74, 6) is 0. The van der Waals surface area contributed by atoms with Crippen LogP contribution in [-0.2, 0) is 0 Å². The first-order valence-corrected chi connectivity index (χ1v) is 7.84. The van der Waals surface area contributed by atoms with Gasteiger partial charge in [-0.15, -0.1) is 0 Å². The molecular formula is C20H21N3. The predicted molar refractivity (Wildman–Crippen MR) is 98.2 cm³/mol. The second-order valence-corrected chi connectivity index (χ2v) is 5.78. The zero-order valence-electron chi connectivity index (χ0n) is 13.5. The molecular weight excluding hydrogens is 282 g/mol. The molecule has 116 valence electrons. The van der Waals surface area contributed by atoms with Crippen molar-refractivity contribution < 1.29 is 0 Å². The minimum absolute atomic E-state index is 0.473. The molecule has 0 saturated carbocycles. The number of hydrogen-bond donors (Lipinski definition) is 1. The quantitative estimate of drug-likeness (QED) is 0.614. The van der Waals surface area contributed by atoms with Crippen LogP contribution >= 0.6 is 0 Å². The van der Waals surface area contributed by atoms with Crippen LogP contribution in [0.2, 0.25) is 0 Å². The van der Waals surface area contributed by atoms with Crippen molar-refractivity contribution in [3.05, 3.63) is 78.6 Å². The monoisotopic (exact) mass is 303 g/mol. The van der Waals surface area contributed by atoms with Crippen molar-refractivity contribution in [1.29, 1.82) is 0 Å². The number of para-hydroxylation sites is 1. The number of hydrogen-bond acceptors (Lipinski definition) is 2. The smallest absolute Gasteiger partial charge is 0.0631 e. The fraction of sp³-hybridized carbons (Fsp3) is 0.150. The predicted octanol–water partition coefficient (Wildman–Crippen LogP) is 5.56. The Bertz CT molecular complexity index is 768. The summed E-state index contributed by atoms with van der Waals surface area (Å²) < 4.78 is 2.17. The Morgan fingerprint density at radius 3 is 2.26 bits per heavy atom. The van der Waals surface area contributed by atoms with Crippen LogP contribution in [0.15, 0.2) is 78.0 Å². The van der Waals surface area contributed by atoms with Gasteiger partial charge in [-0.2, -0.15) is 0 Å². The van der Waals surface area contributed by atoms with Crippen molar-refractivity contribution in [2.75, 3.05) is 5.32 Å². The highest BCUT2D eigenvalue weighted by molar-refractivity contribution is 5.81. The minimum atomic E-state index is 0.473. The van der Waals surface area contributed by atoms with E-state index in [1.54, 1.807) is 0 Å². The van der Waals surface area contributed by atoms with Gasteiger partial charge in [0, 0.05) is 41.6 Å². The summed E-state index contributed by atoms with van der Waals surface area (Å²) in [6.45, 7) is 4.33. The molecule has 0 aliphatic carbocycles. The normalized spacial score (nSPS) is 11.3. The number of aromatic nitrogens is 1. The molecule has 3 heteroatoms. The van der Waals surface area contributed by atoms with Crippen molar-refractivity contribution in [2.45, 2.75) is 19.9 Å². The van der Waals surface area contributed by atoms with Gasteiger partial charge in [-0.25, -0.2) is 0 Å². The lowest BCUT2D eigenvalue weighted by molar-refractivity contribution is 0.603. The summed E-state index contributed by atoms with van der Waals surface area (Å²) in [6.07, 6.45) is 6.09. The topological polar surface area (TPSA) is 29.3 Å². The van der Waals surface area contributed by atoms with E-state index in [-0.39, 0.29) is 0 Å². The first-order valence-electron chi connectivity index (χ1n) is 7.84. The van der Waals surface area contributed by atoms with Gasteiger partial charge in [0.2, 0.25) is 0 Å². The van der Waals surface area contributed by atoms with Gasteiger partial charge in [0.05, 0.1) is 5.69 Å². The molecule has 23 heavy (non-hydrogen) atoms. The van der Waals surface area contributed by atoms with Crippen LogP contribution in [0.5, 0.6) is 0 Å². The van der Waals surface area contributed by atoms with E-state index in [1.807, 2.05) is 60.8 Å². The maximum absolute atomic E-state index is 4.53. The highest BCUT2D eigenvalue weighted by Gasteiger charge is 1.98. The van der Waals surface area contributed by atoms with Crippen molar-refractivity contribution in [2.24, 2.45) is 4.99 Å². The Morgan fingerprint density at radius 1 is 0.913 bits per heavy atom. The Hall–Kier alpha value is -2.81. The first-order chi connectivity index (χ1) is 11.2. The third kappa shape index (κ3) is 4.10. The molecule has 3 rings (SSSR count). The summed E-state index contributed by atoms with van der Waals surface area (Å²) in [5.41, 5.74) is 4.20. The van der Waals surface area contributed by atoms with E-state index in [0.29, 0.717) is 6.04 Å². The summed E-state index contributed by atoms with van der Waals surface area (Å²) >= 11 is 0. The van der Waals surface area contributed by atoms with Gasteiger partial charge >= 0.3 is 0 Å². The molecule has 0 aliphatic rings. The fourth-order valence-electron chi connectivity index (χ4n) is 2.30. The number of benzene rings is 2. The van der Waals surface area contributed by atoms with Gasteiger partial charge in [0.15, 0.2) is 0 Å². The van der Waals surface area contributed by atoms with Crippen LogP contribution < -0.4 is 5.32 Å². The summed E-state index contributed by atoms with van der Waals surface area (Å²) in [7, 11) is 0. The van der Waals surface area contributed by atoms with Crippen molar-refractivity contribution in [3.63, 3.8) is 0 Å². The van der Waals surface area contributed by atoms with E-state index in [0.717, 1.165) is 22.6 Å². The van der Waals surface area contributed by atoms with Crippen LogP contribution in [0.25, 0.3) is 0 Å². The molecule has 0 radical (unpaired) electrons. The van der Waals surface area contributed by atoms with Gasteiger partial charge < -0.3 is 9.88 Å². The molecule has 0 aliphatic heterocycles. The van der Waals surface area contributed by atoms with Crippen molar-refractivity contribution in [3.8, 4) is 0 Å². The van der Waals surface area contributed by atoms with E-state index in [9.17, 15) is 0 Å². The van der Waals surface area contributed by atoms with Crippen LogP contribution in [0.4, 0.5) is 17.1 Å². The Morgan fingerprint density at radius 2 is 1.61 bits per heavy atom. The number of aliphatic imine (C=N–C) groups is 1. The molecule has 0 atom stereocenters. The van der Waals surface area contributed by atoms with E-state index in [1.165, 1.54) is 0 Å². The van der Waals surface area contributed by atoms with Crippen LogP contribution in [0, 0.1) is 0 Å². The van der Waals surface area contributed by atoms with Crippen LogP contribution in [-0.4, -0.2) is 10.8 Å². The molecule has 1 heterocycles. The first kappa shape index (κ1) is 15.1. The summed E-state index contributed by atoms with van der Waals surface area (Å²) in [5, 5.41) is 3.37. The Kier molecular flexibility index (Phi) is 4.57. The lowest BCUT2D eigenvalue weighted by Gasteiger charge is -2.06. The van der Waals surface area contributed by atoms with Gasteiger partial charge in [-0.3, -0.25) is 4.99 Å². The van der Waals surface area contributed by atoms with Crippen molar-refractivity contribution >= 4 is 23.3 Å². The second kappa shape index (κ2) is 6.97. The van der Waals surface area contributed by atoms with Crippen LogP contribution in [0.1, 0.15) is 25.5 Å². The highest BCUT2D eigenvalue weighted by atomic mass is 15.0. The molecule has 2 aromatic carbocycles. The Labute approximate surface area is 137 Å². The molecule has 0 fully saturated rings. The third-order valence-electron chi connectivity index (χ3n) is 3.63. The third-order valence-corrected chi connectivity index (χ3v) is 3.63. The molecule has 0 unspecified atom stereocenters. The zero-order valence-corrected chi connectivity index (χ0v) is 13.5. The molecule has 1 N–H and O–H groups in total. The van der Waals surface area contributed by atoms with Gasteiger partial charge in [0.25, 0.3) is 0 Å². The van der Waals surface area contributed by atoms with Gasteiger partial charge in [-0.05, 0) is 56.3 Å². The number of nitrogens with zero attached hydrogens (tertiary/aromatic N) is 2. The molecule has 0 amide bonds.